The summed E-state index contributed by atoms with van der Waals surface area (Å²) in [5.41, 5.74) is 0.309. The van der Waals surface area contributed by atoms with Crippen LogP contribution in [0.3, 0.4) is 0 Å². The fourth-order valence-corrected chi connectivity index (χ4v) is 3.21. The minimum absolute atomic E-state index is 0.290. The van der Waals surface area contributed by atoms with Crippen LogP contribution >= 0.6 is 0 Å². The highest BCUT2D eigenvalue weighted by Gasteiger charge is 2.20. The van der Waals surface area contributed by atoms with Crippen LogP contribution in [-0.4, -0.2) is 31.8 Å². The molecule has 0 aliphatic rings. The molecule has 0 fully saturated rings. The van der Waals surface area contributed by atoms with Crippen LogP contribution in [0.4, 0.5) is 5.95 Å². The first-order valence-electron chi connectivity index (χ1n) is 9.31. The molecule has 0 amide bonds. The van der Waals surface area contributed by atoms with Crippen molar-refractivity contribution < 1.29 is 0 Å². The van der Waals surface area contributed by atoms with Gasteiger partial charge in [-0.05, 0) is 12.8 Å². The molecule has 0 aromatic carbocycles. The van der Waals surface area contributed by atoms with Crippen LogP contribution in [0.5, 0.6) is 0 Å². The molecule has 140 valence electrons. The zero-order valence-corrected chi connectivity index (χ0v) is 16.2. The minimum Gasteiger partial charge on any atom is -0.342 e. The molecule has 0 saturated heterocycles. The first-order valence-corrected chi connectivity index (χ1v) is 9.31. The van der Waals surface area contributed by atoms with Gasteiger partial charge in [0.05, 0.1) is 0 Å². The summed E-state index contributed by atoms with van der Waals surface area (Å²) in [5, 5.41) is 0. The van der Waals surface area contributed by atoms with E-state index in [9.17, 15) is 9.59 Å². The summed E-state index contributed by atoms with van der Waals surface area (Å²) >= 11 is 0. The highest BCUT2D eigenvalue weighted by atomic mass is 16.2. The predicted molar refractivity (Wildman–Crippen MR) is 102 cm³/mol. The van der Waals surface area contributed by atoms with Crippen molar-refractivity contribution in [3.05, 3.63) is 20.8 Å². The lowest BCUT2D eigenvalue weighted by molar-refractivity contribution is 0.620. The summed E-state index contributed by atoms with van der Waals surface area (Å²) in [5.74, 6) is 0.778. The number of unbranched alkanes of at least 4 members (excludes halogenated alkanes) is 4. The number of anilines is 1. The number of fused-ring (bicyclic) bond motifs is 1. The maximum Gasteiger partial charge on any atom is 0.332 e. The lowest BCUT2D eigenvalue weighted by atomic mass is 10.2. The van der Waals surface area contributed by atoms with Gasteiger partial charge in [0.1, 0.15) is 0 Å². The Hall–Kier alpha value is -2.05. The van der Waals surface area contributed by atoms with E-state index in [1.54, 1.807) is 7.05 Å². The van der Waals surface area contributed by atoms with Gasteiger partial charge in [0.2, 0.25) is 5.95 Å². The Kier molecular flexibility index (Phi) is 6.45. The maximum atomic E-state index is 12.5. The second-order valence-electron chi connectivity index (χ2n) is 6.75. The topological polar surface area (TPSA) is 65.1 Å². The molecule has 0 N–H and O–H groups in total. The van der Waals surface area contributed by atoms with E-state index >= 15 is 0 Å². The van der Waals surface area contributed by atoms with Crippen LogP contribution in [0, 0.1) is 0 Å². The van der Waals surface area contributed by atoms with Gasteiger partial charge < -0.3 is 9.47 Å². The molecule has 2 aromatic heterocycles. The summed E-state index contributed by atoms with van der Waals surface area (Å²) in [6.07, 6.45) is 6.88. The Morgan fingerprint density at radius 3 is 1.92 bits per heavy atom. The van der Waals surface area contributed by atoms with Crippen molar-refractivity contribution in [1.82, 2.24) is 18.7 Å². The van der Waals surface area contributed by atoms with E-state index in [1.807, 2.05) is 11.6 Å². The summed E-state index contributed by atoms with van der Waals surface area (Å²) in [6.45, 7) is 6.22. The number of rotatable bonds is 9. The zero-order chi connectivity index (χ0) is 18.6. The summed E-state index contributed by atoms with van der Waals surface area (Å²) < 4.78 is 4.44. The quantitative estimate of drug-likeness (QED) is 0.651. The van der Waals surface area contributed by atoms with Gasteiger partial charge in [-0.25, -0.2) is 4.79 Å². The third-order valence-electron chi connectivity index (χ3n) is 4.80. The molecule has 2 rings (SSSR count). The number of hydrogen-bond acceptors (Lipinski definition) is 4. The molecule has 0 atom stereocenters. The fraction of sp³-hybridized carbons (Fsp3) is 0.722. The fourth-order valence-electron chi connectivity index (χ4n) is 3.21. The summed E-state index contributed by atoms with van der Waals surface area (Å²) in [7, 11) is 5.04. The van der Waals surface area contributed by atoms with Gasteiger partial charge in [-0.1, -0.05) is 39.5 Å². The number of hydrogen-bond donors (Lipinski definition) is 0. The standard InChI is InChI=1S/C18H31N5O2/c1-6-8-10-12-23(13-11-9-7-2)17-19-15-14(20(17)3)16(24)22(5)18(25)21(15)4/h6-13H2,1-5H3. The highest BCUT2D eigenvalue weighted by Crippen LogP contribution is 2.19. The van der Waals surface area contributed by atoms with Crippen molar-refractivity contribution in [3.63, 3.8) is 0 Å². The molecule has 0 aliphatic heterocycles. The molecular formula is C18H31N5O2. The van der Waals surface area contributed by atoms with Crippen LogP contribution in [-0.2, 0) is 21.1 Å². The van der Waals surface area contributed by atoms with Crippen molar-refractivity contribution in [2.75, 3.05) is 18.0 Å². The van der Waals surface area contributed by atoms with E-state index in [2.05, 4.69) is 23.7 Å². The number of nitrogens with zero attached hydrogens (tertiary/aromatic N) is 5. The number of aromatic nitrogens is 4. The molecule has 2 heterocycles. The van der Waals surface area contributed by atoms with Crippen molar-refractivity contribution in [2.45, 2.75) is 52.4 Å². The largest absolute Gasteiger partial charge is 0.342 e. The first-order chi connectivity index (χ1) is 11.9. The molecule has 0 radical (unpaired) electrons. The number of aryl methyl sites for hydroxylation is 2. The lowest BCUT2D eigenvalue weighted by Crippen LogP contribution is -2.37. The van der Waals surface area contributed by atoms with E-state index in [0.29, 0.717) is 11.2 Å². The minimum atomic E-state index is -0.342. The molecule has 0 aliphatic carbocycles. The average Bonchev–Trinajstić information content (AvgIpc) is 2.94. The van der Waals surface area contributed by atoms with Gasteiger partial charge in [-0.15, -0.1) is 0 Å². The van der Waals surface area contributed by atoms with Crippen LogP contribution in [0.1, 0.15) is 52.4 Å². The second-order valence-corrected chi connectivity index (χ2v) is 6.75. The molecule has 0 unspecified atom stereocenters. The Bertz CT molecular complexity index is 821. The Balaban J connectivity index is 2.49. The monoisotopic (exact) mass is 349 g/mol. The molecule has 7 nitrogen and oxygen atoms in total. The Morgan fingerprint density at radius 2 is 1.40 bits per heavy atom. The van der Waals surface area contributed by atoms with E-state index in [4.69, 9.17) is 0 Å². The third-order valence-corrected chi connectivity index (χ3v) is 4.80. The van der Waals surface area contributed by atoms with Crippen LogP contribution < -0.4 is 16.1 Å². The van der Waals surface area contributed by atoms with Crippen molar-refractivity contribution in [2.24, 2.45) is 21.1 Å². The van der Waals surface area contributed by atoms with Crippen LogP contribution in [0.25, 0.3) is 11.2 Å². The van der Waals surface area contributed by atoms with Gasteiger partial charge in [-0.2, -0.15) is 4.98 Å². The summed E-state index contributed by atoms with van der Waals surface area (Å²) in [6, 6.07) is 0. The predicted octanol–water partition coefficient (Wildman–Crippen LogP) is 2.16. The smallest absolute Gasteiger partial charge is 0.332 e. The first kappa shape index (κ1) is 19.3. The Morgan fingerprint density at radius 1 is 0.840 bits per heavy atom. The van der Waals surface area contributed by atoms with Gasteiger partial charge in [0, 0.05) is 34.2 Å². The van der Waals surface area contributed by atoms with E-state index < -0.39 is 0 Å². The molecule has 0 spiro atoms. The van der Waals surface area contributed by atoms with Crippen molar-refractivity contribution >= 4 is 17.1 Å². The second kappa shape index (κ2) is 8.36. The van der Waals surface area contributed by atoms with Gasteiger partial charge in [-0.3, -0.25) is 13.9 Å². The van der Waals surface area contributed by atoms with Gasteiger partial charge >= 0.3 is 5.69 Å². The summed E-state index contributed by atoms with van der Waals surface area (Å²) in [4.78, 5) is 31.7. The molecule has 7 heteroatoms. The normalized spacial score (nSPS) is 11.4. The molecule has 0 saturated carbocycles. The lowest BCUT2D eigenvalue weighted by Gasteiger charge is -2.23. The van der Waals surface area contributed by atoms with Crippen LogP contribution in [0.15, 0.2) is 9.59 Å². The zero-order valence-electron chi connectivity index (χ0n) is 16.2. The van der Waals surface area contributed by atoms with E-state index in [0.717, 1.165) is 36.4 Å². The highest BCUT2D eigenvalue weighted by molar-refractivity contribution is 5.74. The molecular weight excluding hydrogens is 318 g/mol. The SMILES string of the molecule is CCCCCN(CCCCC)c1nc2c(c(=O)n(C)c(=O)n2C)n1C. The molecule has 0 bridgehead atoms. The van der Waals surface area contributed by atoms with Crippen molar-refractivity contribution in [3.8, 4) is 0 Å². The maximum absolute atomic E-state index is 12.5. The Labute approximate surface area is 148 Å². The van der Waals surface area contributed by atoms with Crippen molar-refractivity contribution in [1.29, 1.82) is 0 Å². The average molecular weight is 349 g/mol. The van der Waals surface area contributed by atoms with Gasteiger partial charge in [0.25, 0.3) is 5.56 Å². The van der Waals surface area contributed by atoms with E-state index in [1.165, 1.54) is 37.3 Å². The third kappa shape index (κ3) is 3.80. The number of imidazole rings is 1. The molecule has 2 aromatic rings. The van der Waals surface area contributed by atoms with Crippen LogP contribution in [0.2, 0.25) is 0 Å². The van der Waals surface area contributed by atoms with Gasteiger partial charge in [0.15, 0.2) is 11.2 Å². The van der Waals surface area contributed by atoms with E-state index in [-0.39, 0.29) is 11.2 Å². The molecule has 25 heavy (non-hydrogen) atoms.